The molecule has 0 aliphatic carbocycles. The van der Waals surface area contributed by atoms with Crippen LogP contribution in [0.15, 0.2) is 42.5 Å². The van der Waals surface area contributed by atoms with Gasteiger partial charge in [0.25, 0.3) is 0 Å². The average molecular weight is 241 g/mol. The van der Waals surface area contributed by atoms with E-state index in [2.05, 4.69) is 68.7 Å². The zero-order valence-corrected chi connectivity index (χ0v) is 11.6. The van der Waals surface area contributed by atoms with Gasteiger partial charge in [0.2, 0.25) is 0 Å². The van der Waals surface area contributed by atoms with Crippen molar-refractivity contribution in [3.05, 3.63) is 48.0 Å². The van der Waals surface area contributed by atoms with Crippen molar-refractivity contribution in [2.45, 2.75) is 32.7 Å². The Hall–Kier alpha value is -1.34. The van der Waals surface area contributed by atoms with E-state index < -0.39 is 0 Å². The number of hydrogen-bond donors (Lipinski definition) is 1. The van der Waals surface area contributed by atoms with Gasteiger partial charge in [-0.05, 0) is 35.7 Å². The van der Waals surface area contributed by atoms with E-state index in [1.54, 1.807) is 0 Å². The third-order valence-corrected chi connectivity index (χ3v) is 3.78. The minimum Gasteiger partial charge on any atom is -0.313 e. The predicted molar refractivity (Wildman–Crippen MR) is 79.8 cm³/mol. The molecule has 0 aromatic heterocycles. The van der Waals surface area contributed by atoms with Crippen LogP contribution in [0, 0.1) is 5.92 Å². The van der Waals surface area contributed by atoms with Crippen LogP contribution in [0.2, 0.25) is 0 Å². The van der Waals surface area contributed by atoms with Gasteiger partial charge in [-0.1, -0.05) is 62.7 Å². The maximum absolute atomic E-state index is 3.50. The van der Waals surface area contributed by atoms with Gasteiger partial charge in [0, 0.05) is 6.04 Å². The largest absolute Gasteiger partial charge is 0.313 e. The molecule has 0 saturated carbocycles. The van der Waals surface area contributed by atoms with Crippen LogP contribution in [0.25, 0.3) is 10.8 Å². The van der Waals surface area contributed by atoms with Crippen molar-refractivity contribution in [3.63, 3.8) is 0 Å². The second kappa shape index (κ2) is 6.01. The molecule has 0 fully saturated rings. The molecule has 2 unspecified atom stereocenters. The lowest BCUT2D eigenvalue weighted by Gasteiger charge is -2.25. The summed E-state index contributed by atoms with van der Waals surface area (Å²) in [6, 6.07) is 15.7. The summed E-state index contributed by atoms with van der Waals surface area (Å²) in [6.45, 7) is 4.60. The van der Waals surface area contributed by atoms with E-state index in [0.717, 1.165) is 0 Å². The second-order valence-electron chi connectivity index (χ2n) is 5.10. The smallest absolute Gasteiger partial charge is 0.0349 e. The summed E-state index contributed by atoms with van der Waals surface area (Å²) in [5.74, 6) is 0.658. The molecule has 1 nitrogen and oxygen atoms in total. The Balaban J connectivity index is 2.44. The molecule has 0 bridgehead atoms. The Bertz CT molecular complexity index is 498. The average Bonchev–Trinajstić information content (AvgIpc) is 2.40. The van der Waals surface area contributed by atoms with Crippen LogP contribution in [0.3, 0.4) is 0 Å². The van der Waals surface area contributed by atoms with E-state index >= 15 is 0 Å². The molecule has 2 atom stereocenters. The molecule has 2 aromatic rings. The SMILES string of the molecule is CCCC(C)C(NC)c1cccc2ccccc12. The van der Waals surface area contributed by atoms with Crippen LogP contribution in [-0.4, -0.2) is 7.05 Å². The lowest BCUT2D eigenvalue weighted by atomic mass is 9.88. The van der Waals surface area contributed by atoms with Gasteiger partial charge < -0.3 is 5.32 Å². The Morgan fingerprint density at radius 3 is 2.50 bits per heavy atom. The monoisotopic (exact) mass is 241 g/mol. The molecule has 18 heavy (non-hydrogen) atoms. The minimum atomic E-state index is 0.441. The first-order valence-corrected chi connectivity index (χ1v) is 6.92. The molecule has 96 valence electrons. The first-order valence-electron chi connectivity index (χ1n) is 6.92. The molecule has 2 rings (SSSR count). The van der Waals surface area contributed by atoms with Gasteiger partial charge in [-0.2, -0.15) is 0 Å². The van der Waals surface area contributed by atoms with E-state index in [-0.39, 0.29) is 0 Å². The fourth-order valence-corrected chi connectivity index (χ4v) is 2.89. The van der Waals surface area contributed by atoms with Crippen molar-refractivity contribution in [2.24, 2.45) is 5.92 Å². The number of fused-ring (bicyclic) bond motifs is 1. The van der Waals surface area contributed by atoms with Gasteiger partial charge in [0.1, 0.15) is 0 Å². The maximum Gasteiger partial charge on any atom is 0.0349 e. The van der Waals surface area contributed by atoms with Crippen LogP contribution in [0.1, 0.15) is 38.3 Å². The normalized spacial score (nSPS) is 14.6. The highest BCUT2D eigenvalue weighted by Crippen LogP contribution is 2.30. The van der Waals surface area contributed by atoms with Gasteiger partial charge in [-0.3, -0.25) is 0 Å². The van der Waals surface area contributed by atoms with Crippen LogP contribution < -0.4 is 5.32 Å². The van der Waals surface area contributed by atoms with Crippen LogP contribution in [0.5, 0.6) is 0 Å². The van der Waals surface area contributed by atoms with Crippen LogP contribution >= 0.6 is 0 Å². The topological polar surface area (TPSA) is 12.0 Å². The molecule has 0 aliphatic rings. The molecule has 0 spiro atoms. The summed E-state index contributed by atoms with van der Waals surface area (Å²) in [5.41, 5.74) is 1.43. The summed E-state index contributed by atoms with van der Waals surface area (Å²) in [7, 11) is 2.07. The third-order valence-electron chi connectivity index (χ3n) is 3.78. The number of benzene rings is 2. The number of hydrogen-bond acceptors (Lipinski definition) is 1. The van der Waals surface area contributed by atoms with E-state index in [1.165, 1.54) is 29.2 Å². The molecule has 0 amide bonds. The fraction of sp³-hybridized carbons (Fsp3) is 0.412. The van der Waals surface area contributed by atoms with Crippen molar-refractivity contribution in [3.8, 4) is 0 Å². The summed E-state index contributed by atoms with van der Waals surface area (Å²) in [4.78, 5) is 0. The quantitative estimate of drug-likeness (QED) is 0.810. The summed E-state index contributed by atoms with van der Waals surface area (Å²) in [6.07, 6.45) is 2.50. The highest BCUT2D eigenvalue weighted by molar-refractivity contribution is 5.86. The second-order valence-corrected chi connectivity index (χ2v) is 5.10. The predicted octanol–water partition coefficient (Wildman–Crippen LogP) is 4.54. The summed E-state index contributed by atoms with van der Waals surface area (Å²) in [5, 5.41) is 6.20. The van der Waals surface area contributed by atoms with E-state index in [0.29, 0.717) is 12.0 Å². The van der Waals surface area contributed by atoms with Crippen molar-refractivity contribution in [1.29, 1.82) is 0 Å². The summed E-state index contributed by atoms with van der Waals surface area (Å²) < 4.78 is 0. The van der Waals surface area contributed by atoms with E-state index in [4.69, 9.17) is 0 Å². The van der Waals surface area contributed by atoms with Gasteiger partial charge in [-0.15, -0.1) is 0 Å². The molecular formula is C17H23N. The molecular weight excluding hydrogens is 218 g/mol. The fourth-order valence-electron chi connectivity index (χ4n) is 2.89. The van der Waals surface area contributed by atoms with Gasteiger partial charge in [-0.25, -0.2) is 0 Å². The Morgan fingerprint density at radius 2 is 1.78 bits per heavy atom. The Morgan fingerprint density at radius 1 is 1.06 bits per heavy atom. The molecule has 0 saturated heterocycles. The number of rotatable bonds is 5. The highest BCUT2D eigenvalue weighted by Gasteiger charge is 2.18. The molecule has 0 heterocycles. The first-order chi connectivity index (χ1) is 8.77. The van der Waals surface area contributed by atoms with Crippen LogP contribution in [0.4, 0.5) is 0 Å². The Kier molecular flexibility index (Phi) is 4.38. The zero-order valence-electron chi connectivity index (χ0n) is 11.6. The van der Waals surface area contributed by atoms with E-state index in [1.807, 2.05) is 0 Å². The molecule has 2 aromatic carbocycles. The molecule has 1 N–H and O–H groups in total. The molecule has 1 heteroatoms. The maximum atomic E-state index is 3.50. The first kappa shape index (κ1) is 13.1. The van der Waals surface area contributed by atoms with Crippen molar-refractivity contribution < 1.29 is 0 Å². The minimum absolute atomic E-state index is 0.441. The van der Waals surface area contributed by atoms with Crippen molar-refractivity contribution >= 4 is 10.8 Å². The van der Waals surface area contributed by atoms with E-state index in [9.17, 15) is 0 Å². The summed E-state index contributed by atoms with van der Waals surface area (Å²) >= 11 is 0. The Labute approximate surface area is 110 Å². The lowest BCUT2D eigenvalue weighted by Crippen LogP contribution is -2.23. The molecule has 0 aliphatic heterocycles. The van der Waals surface area contributed by atoms with Gasteiger partial charge >= 0.3 is 0 Å². The van der Waals surface area contributed by atoms with Crippen LogP contribution in [-0.2, 0) is 0 Å². The third kappa shape index (κ3) is 2.56. The van der Waals surface area contributed by atoms with Crippen molar-refractivity contribution in [2.75, 3.05) is 7.05 Å². The highest BCUT2D eigenvalue weighted by atomic mass is 14.9. The number of nitrogens with one attached hydrogen (secondary N) is 1. The van der Waals surface area contributed by atoms with Crippen molar-refractivity contribution in [1.82, 2.24) is 5.32 Å². The standard InChI is InChI=1S/C17H23N/c1-4-8-13(2)17(18-3)16-12-7-10-14-9-5-6-11-15(14)16/h5-7,9-13,17-18H,4,8H2,1-3H3. The lowest BCUT2D eigenvalue weighted by molar-refractivity contribution is 0.386. The van der Waals surface area contributed by atoms with Gasteiger partial charge in [0.05, 0.1) is 0 Å². The zero-order chi connectivity index (χ0) is 13.0. The van der Waals surface area contributed by atoms with Gasteiger partial charge in [0.15, 0.2) is 0 Å². The molecule has 0 radical (unpaired) electrons.